The van der Waals surface area contributed by atoms with Crippen molar-refractivity contribution >= 4 is 63.3 Å². The Morgan fingerprint density at radius 1 is 0.923 bits per heavy atom. The number of carboxylic acid groups (broad SMARTS) is 2. The van der Waals surface area contributed by atoms with Gasteiger partial charge in [0, 0.05) is 11.9 Å². The van der Waals surface area contributed by atoms with Crippen LogP contribution in [0.5, 0.6) is 0 Å². The molecule has 0 aliphatic carbocycles. The summed E-state index contributed by atoms with van der Waals surface area (Å²) in [7, 11) is 0. The molecule has 0 unspecified atom stereocenters. The third-order valence-corrected chi connectivity index (χ3v) is 0.577. The van der Waals surface area contributed by atoms with E-state index in [0.29, 0.717) is 0 Å². The average Bonchev–Trinajstić information content (AvgIpc) is 1.89. The molecular weight excluding hydrogens is 253 g/mol. The molecule has 0 aromatic rings. The van der Waals surface area contributed by atoms with Gasteiger partial charge in [0.05, 0.1) is 0 Å². The Labute approximate surface area is 206 Å². The molecule has 0 rings (SSSR count). The molecular formula is C6H11K3O4. The molecule has 0 saturated carbocycles. The fraction of sp³-hybridized carbons (Fsp3) is 0.667. The summed E-state index contributed by atoms with van der Waals surface area (Å²) in [6.07, 6.45) is 0.222. The van der Waals surface area contributed by atoms with Gasteiger partial charge in [-0.3, -0.25) is 0 Å². The van der Waals surface area contributed by atoms with Crippen LogP contribution >= 0.6 is 0 Å². The predicted molar refractivity (Wildman–Crippen MR) is 37.7 cm³/mol. The zero-order chi connectivity index (χ0) is 8.57. The Hall–Kier alpha value is 3.85. The molecule has 0 atom stereocenters. The molecule has 62 valence electrons. The molecule has 0 bridgehead atoms. The number of carboxylic acids is 2. The number of hydrogen-bond acceptors (Lipinski definition) is 4. The topological polar surface area (TPSA) is 80.3 Å². The van der Waals surface area contributed by atoms with Crippen LogP contribution in [0.25, 0.3) is 0 Å². The van der Waals surface area contributed by atoms with Crippen molar-refractivity contribution in [1.82, 2.24) is 0 Å². The first-order chi connectivity index (χ1) is 4.54. The van der Waals surface area contributed by atoms with Crippen LogP contribution in [-0.4, -0.2) is 63.3 Å². The molecule has 13 heavy (non-hydrogen) atoms. The SMILES string of the molecule is CCC(=O)[O-].CCC(=O)[O-].[K+].[K+].[KH]. The Morgan fingerprint density at radius 2 is 1.00 bits per heavy atom. The summed E-state index contributed by atoms with van der Waals surface area (Å²) in [5, 5.41) is 18.5. The van der Waals surface area contributed by atoms with Gasteiger partial charge in [-0.05, 0) is 12.8 Å². The van der Waals surface area contributed by atoms with E-state index in [0.717, 1.165) is 0 Å². The number of carbonyl (C=O) groups excluding carboxylic acids is 2. The molecule has 0 N–H and O–H groups in total. The molecule has 7 heteroatoms. The zero-order valence-corrected chi connectivity index (χ0v) is 14.3. The van der Waals surface area contributed by atoms with Crippen molar-refractivity contribution in [2.75, 3.05) is 0 Å². The molecule has 0 fully saturated rings. The van der Waals surface area contributed by atoms with E-state index in [9.17, 15) is 19.8 Å². The van der Waals surface area contributed by atoms with Gasteiger partial charge in [0.2, 0.25) is 0 Å². The van der Waals surface area contributed by atoms with E-state index in [-0.39, 0.29) is 167 Å². The van der Waals surface area contributed by atoms with Gasteiger partial charge in [0.25, 0.3) is 0 Å². The minimum atomic E-state index is -0.995. The summed E-state index contributed by atoms with van der Waals surface area (Å²) in [5.74, 6) is -1.99. The van der Waals surface area contributed by atoms with Gasteiger partial charge in [0.15, 0.2) is 0 Å². The van der Waals surface area contributed by atoms with Crippen molar-refractivity contribution in [3.63, 3.8) is 0 Å². The van der Waals surface area contributed by atoms with Crippen LogP contribution in [0.4, 0.5) is 0 Å². The Balaban J connectivity index is -0.0000000267. The fourth-order valence-corrected chi connectivity index (χ4v) is 0. The Bertz CT molecular complexity index is 104. The van der Waals surface area contributed by atoms with E-state index < -0.39 is 11.9 Å². The molecule has 0 aromatic carbocycles. The van der Waals surface area contributed by atoms with Gasteiger partial charge in [-0.15, -0.1) is 0 Å². The molecule has 0 aliphatic heterocycles. The Kier molecular flexibility index (Phi) is 57.7. The van der Waals surface area contributed by atoms with E-state index in [1.54, 1.807) is 0 Å². The summed E-state index contributed by atoms with van der Waals surface area (Å²) in [6.45, 7) is 3.07. The normalized spacial score (nSPS) is 5.69. The van der Waals surface area contributed by atoms with Crippen molar-refractivity contribution in [2.24, 2.45) is 0 Å². The van der Waals surface area contributed by atoms with Crippen molar-refractivity contribution < 1.29 is 123 Å². The number of hydrogen-bond donors (Lipinski definition) is 0. The molecule has 0 saturated heterocycles. The van der Waals surface area contributed by atoms with Crippen LogP contribution in [-0.2, 0) is 9.59 Å². The molecule has 0 heterocycles. The van der Waals surface area contributed by atoms with Crippen LogP contribution in [0.2, 0.25) is 0 Å². The third-order valence-electron chi connectivity index (χ3n) is 0.577. The summed E-state index contributed by atoms with van der Waals surface area (Å²) in [5.41, 5.74) is 0. The van der Waals surface area contributed by atoms with Crippen LogP contribution in [0.1, 0.15) is 26.7 Å². The quantitative estimate of drug-likeness (QED) is 0.464. The van der Waals surface area contributed by atoms with E-state index in [1.165, 1.54) is 13.8 Å². The van der Waals surface area contributed by atoms with Crippen LogP contribution in [0, 0.1) is 0 Å². The summed E-state index contributed by atoms with van der Waals surface area (Å²) in [4.78, 5) is 18.5. The first kappa shape index (κ1) is 30.1. The first-order valence-electron chi connectivity index (χ1n) is 2.94. The monoisotopic (exact) mass is 264 g/mol. The third kappa shape index (κ3) is 49.3. The van der Waals surface area contributed by atoms with Gasteiger partial charge in [-0.25, -0.2) is 0 Å². The average molecular weight is 264 g/mol. The van der Waals surface area contributed by atoms with Crippen molar-refractivity contribution in [3.05, 3.63) is 0 Å². The van der Waals surface area contributed by atoms with E-state index in [4.69, 9.17) is 0 Å². The zero-order valence-electron chi connectivity index (χ0n) is 8.05. The van der Waals surface area contributed by atoms with Crippen LogP contribution in [0.15, 0.2) is 0 Å². The van der Waals surface area contributed by atoms with E-state index in [2.05, 4.69) is 0 Å². The van der Waals surface area contributed by atoms with Gasteiger partial charge in [-0.1, -0.05) is 13.8 Å². The van der Waals surface area contributed by atoms with E-state index >= 15 is 0 Å². The molecule has 0 radical (unpaired) electrons. The summed E-state index contributed by atoms with van der Waals surface area (Å²) >= 11 is 0. The first-order valence-corrected chi connectivity index (χ1v) is 2.94. The maximum atomic E-state index is 9.26. The molecule has 4 nitrogen and oxygen atoms in total. The number of carbonyl (C=O) groups is 2. The summed E-state index contributed by atoms with van der Waals surface area (Å²) < 4.78 is 0. The van der Waals surface area contributed by atoms with Gasteiger partial charge >= 0.3 is 154 Å². The fourth-order valence-electron chi connectivity index (χ4n) is 0. The molecule has 0 spiro atoms. The minimum absolute atomic E-state index is 0. The second kappa shape index (κ2) is 24.9. The Morgan fingerprint density at radius 3 is 1.00 bits per heavy atom. The van der Waals surface area contributed by atoms with Gasteiger partial charge < -0.3 is 19.8 Å². The maximum absolute atomic E-state index is 9.26. The van der Waals surface area contributed by atoms with E-state index in [1.807, 2.05) is 0 Å². The second-order valence-electron chi connectivity index (χ2n) is 1.45. The molecule has 0 aliphatic rings. The standard InChI is InChI=1S/2C3H6O2.3K.H/c2*1-2-3(4)5;;;;/h2*2H2,1H3,(H,4,5);;;;/q;;;2*+1;/p-2. The summed E-state index contributed by atoms with van der Waals surface area (Å²) in [6, 6.07) is 0. The van der Waals surface area contributed by atoms with Crippen LogP contribution < -0.4 is 113 Å². The van der Waals surface area contributed by atoms with Crippen molar-refractivity contribution in [2.45, 2.75) is 26.7 Å². The van der Waals surface area contributed by atoms with Crippen molar-refractivity contribution in [3.8, 4) is 0 Å². The molecule has 0 amide bonds. The van der Waals surface area contributed by atoms with Gasteiger partial charge in [0.1, 0.15) is 0 Å². The molecule has 0 aromatic heterocycles. The van der Waals surface area contributed by atoms with Crippen molar-refractivity contribution in [1.29, 1.82) is 0 Å². The number of aliphatic carboxylic acids is 2. The number of rotatable bonds is 2. The van der Waals surface area contributed by atoms with Crippen LogP contribution in [0.3, 0.4) is 0 Å². The second-order valence-corrected chi connectivity index (χ2v) is 1.45. The predicted octanol–water partition coefficient (Wildman–Crippen LogP) is -8.35. The van der Waals surface area contributed by atoms with Gasteiger partial charge in [-0.2, -0.15) is 0 Å².